The maximum absolute atomic E-state index is 12.3. The summed E-state index contributed by atoms with van der Waals surface area (Å²) < 4.78 is 16.7. The quantitative estimate of drug-likeness (QED) is 0.614. The zero-order chi connectivity index (χ0) is 16.4. The number of Topliss-reactive ketones (excluding diaryl/α,β-unsaturated/α-hetero) is 1. The highest BCUT2D eigenvalue weighted by molar-refractivity contribution is 6.14. The molecule has 0 atom stereocenters. The highest BCUT2D eigenvalue weighted by Gasteiger charge is 2.28. The van der Waals surface area contributed by atoms with Crippen molar-refractivity contribution in [2.45, 2.75) is 20.8 Å². The van der Waals surface area contributed by atoms with Crippen LogP contribution < -0.4 is 9.47 Å². The number of carbonyl (C=O) groups excluding carboxylic acids is 1. The van der Waals surface area contributed by atoms with E-state index in [0.717, 1.165) is 5.76 Å². The largest absolute Gasteiger partial charge is 0.489 e. The second-order valence-corrected chi connectivity index (χ2v) is 5.64. The molecule has 0 saturated heterocycles. The first-order valence-corrected chi connectivity index (χ1v) is 7.44. The Kier molecular flexibility index (Phi) is 4.06. The van der Waals surface area contributed by atoms with Gasteiger partial charge in [-0.25, -0.2) is 0 Å². The average molecular weight is 310 g/mol. The number of rotatable bonds is 4. The van der Waals surface area contributed by atoms with Crippen molar-refractivity contribution in [1.82, 2.24) is 0 Å². The van der Waals surface area contributed by atoms with E-state index in [0.29, 0.717) is 29.4 Å². The van der Waals surface area contributed by atoms with Gasteiger partial charge in [-0.1, -0.05) is 5.57 Å². The van der Waals surface area contributed by atoms with E-state index in [1.54, 1.807) is 30.3 Å². The maximum Gasteiger partial charge on any atom is 0.232 e. The van der Waals surface area contributed by atoms with Crippen molar-refractivity contribution in [3.05, 3.63) is 64.8 Å². The van der Waals surface area contributed by atoms with Crippen LogP contribution in [0.25, 0.3) is 6.08 Å². The van der Waals surface area contributed by atoms with Gasteiger partial charge in [0, 0.05) is 12.1 Å². The maximum atomic E-state index is 12.3. The third kappa shape index (κ3) is 3.37. The van der Waals surface area contributed by atoms with E-state index in [-0.39, 0.29) is 11.5 Å². The molecule has 118 valence electrons. The van der Waals surface area contributed by atoms with E-state index < -0.39 is 0 Å². The summed E-state index contributed by atoms with van der Waals surface area (Å²) in [5.74, 6) is 2.68. The van der Waals surface area contributed by atoms with Crippen molar-refractivity contribution in [3.63, 3.8) is 0 Å². The SMILES string of the molecule is CC(C)=CCOc1ccc2c(c1)OC(=Cc1ccc(C)o1)C2=O. The van der Waals surface area contributed by atoms with Gasteiger partial charge in [0.25, 0.3) is 0 Å². The van der Waals surface area contributed by atoms with Crippen LogP contribution in [-0.4, -0.2) is 12.4 Å². The summed E-state index contributed by atoms with van der Waals surface area (Å²) in [5, 5.41) is 0. The van der Waals surface area contributed by atoms with Crippen molar-refractivity contribution in [2.24, 2.45) is 0 Å². The van der Waals surface area contributed by atoms with Gasteiger partial charge in [0.2, 0.25) is 5.78 Å². The fraction of sp³-hybridized carbons (Fsp3) is 0.211. The normalized spacial score (nSPS) is 14.6. The number of allylic oxidation sites excluding steroid dienone is 2. The van der Waals surface area contributed by atoms with E-state index in [1.165, 1.54) is 5.57 Å². The fourth-order valence-electron chi connectivity index (χ4n) is 2.22. The molecule has 2 aromatic rings. The van der Waals surface area contributed by atoms with Gasteiger partial charge in [-0.05, 0) is 51.1 Å². The Labute approximate surface area is 135 Å². The lowest BCUT2D eigenvalue weighted by Gasteiger charge is -2.05. The zero-order valence-corrected chi connectivity index (χ0v) is 13.4. The molecule has 1 aromatic carbocycles. The first-order chi connectivity index (χ1) is 11.0. The second kappa shape index (κ2) is 6.16. The topological polar surface area (TPSA) is 48.7 Å². The molecular formula is C19H18O4. The van der Waals surface area contributed by atoms with Crippen LogP contribution in [-0.2, 0) is 0 Å². The lowest BCUT2D eigenvalue weighted by atomic mass is 10.1. The number of ether oxygens (including phenoxy) is 2. The number of aryl methyl sites for hydroxylation is 1. The van der Waals surface area contributed by atoms with Crippen molar-refractivity contribution >= 4 is 11.9 Å². The Bertz CT molecular complexity index is 805. The van der Waals surface area contributed by atoms with Crippen LogP contribution in [0, 0.1) is 6.92 Å². The fourth-order valence-corrected chi connectivity index (χ4v) is 2.22. The highest BCUT2D eigenvalue weighted by atomic mass is 16.5. The Balaban J connectivity index is 1.79. The summed E-state index contributed by atoms with van der Waals surface area (Å²) in [6, 6.07) is 8.88. The van der Waals surface area contributed by atoms with Crippen LogP contribution in [0.1, 0.15) is 35.7 Å². The monoisotopic (exact) mass is 310 g/mol. The Hall–Kier alpha value is -2.75. The van der Waals surface area contributed by atoms with Gasteiger partial charge >= 0.3 is 0 Å². The van der Waals surface area contributed by atoms with E-state index in [9.17, 15) is 4.79 Å². The highest BCUT2D eigenvalue weighted by Crippen LogP contribution is 2.35. The molecule has 3 rings (SSSR count). The molecule has 0 fully saturated rings. The van der Waals surface area contributed by atoms with Gasteiger partial charge in [-0.3, -0.25) is 4.79 Å². The summed E-state index contributed by atoms with van der Waals surface area (Å²) in [4.78, 5) is 12.3. The molecular weight excluding hydrogens is 292 g/mol. The molecule has 0 N–H and O–H groups in total. The van der Waals surface area contributed by atoms with Crippen LogP contribution in [0.5, 0.6) is 11.5 Å². The van der Waals surface area contributed by atoms with Crippen LogP contribution in [0.3, 0.4) is 0 Å². The Morgan fingerprint density at radius 2 is 2.04 bits per heavy atom. The summed E-state index contributed by atoms with van der Waals surface area (Å²) in [6.07, 6.45) is 3.60. The van der Waals surface area contributed by atoms with Crippen molar-refractivity contribution in [3.8, 4) is 11.5 Å². The first kappa shape index (κ1) is 15.2. The zero-order valence-electron chi connectivity index (χ0n) is 13.4. The van der Waals surface area contributed by atoms with Gasteiger partial charge in [0.05, 0.1) is 5.56 Å². The minimum absolute atomic E-state index is 0.148. The van der Waals surface area contributed by atoms with Gasteiger partial charge in [-0.15, -0.1) is 0 Å². The minimum Gasteiger partial charge on any atom is -0.489 e. The van der Waals surface area contributed by atoms with Crippen LogP contribution in [0.4, 0.5) is 0 Å². The van der Waals surface area contributed by atoms with Crippen molar-refractivity contribution in [2.75, 3.05) is 6.61 Å². The van der Waals surface area contributed by atoms with Crippen LogP contribution in [0.2, 0.25) is 0 Å². The molecule has 0 aliphatic carbocycles. The second-order valence-electron chi connectivity index (χ2n) is 5.64. The summed E-state index contributed by atoms with van der Waals surface area (Å²) >= 11 is 0. The molecule has 0 unspecified atom stereocenters. The van der Waals surface area contributed by atoms with Crippen LogP contribution >= 0.6 is 0 Å². The average Bonchev–Trinajstić information content (AvgIpc) is 3.03. The van der Waals surface area contributed by atoms with E-state index >= 15 is 0 Å². The van der Waals surface area contributed by atoms with Gasteiger partial charge in [-0.2, -0.15) is 0 Å². The molecule has 4 nitrogen and oxygen atoms in total. The first-order valence-electron chi connectivity index (χ1n) is 7.44. The number of furan rings is 1. The lowest BCUT2D eigenvalue weighted by molar-refractivity contribution is 0.101. The molecule has 1 aromatic heterocycles. The predicted octanol–water partition coefficient (Wildman–Crippen LogP) is 4.55. The lowest BCUT2D eigenvalue weighted by Crippen LogP contribution is -1.97. The number of hydrogen-bond donors (Lipinski definition) is 0. The van der Waals surface area contributed by atoms with Crippen molar-refractivity contribution in [1.29, 1.82) is 0 Å². The summed E-state index contributed by atoms with van der Waals surface area (Å²) in [7, 11) is 0. The number of benzene rings is 1. The van der Waals surface area contributed by atoms with Gasteiger partial charge in [0.15, 0.2) is 5.76 Å². The molecule has 23 heavy (non-hydrogen) atoms. The molecule has 4 heteroatoms. The van der Waals surface area contributed by atoms with Gasteiger partial charge < -0.3 is 13.9 Å². The number of carbonyl (C=O) groups is 1. The van der Waals surface area contributed by atoms with Crippen LogP contribution in [0.15, 0.2) is 52.2 Å². The number of hydrogen-bond acceptors (Lipinski definition) is 4. The summed E-state index contributed by atoms with van der Waals surface area (Å²) in [6.45, 7) is 6.37. The Morgan fingerprint density at radius 3 is 2.74 bits per heavy atom. The van der Waals surface area contributed by atoms with E-state index in [2.05, 4.69) is 0 Å². The smallest absolute Gasteiger partial charge is 0.232 e. The third-order valence-electron chi connectivity index (χ3n) is 3.42. The Morgan fingerprint density at radius 1 is 1.22 bits per heavy atom. The van der Waals surface area contributed by atoms with Crippen molar-refractivity contribution < 1.29 is 18.7 Å². The number of ketones is 1. The molecule has 0 amide bonds. The number of fused-ring (bicyclic) bond motifs is 1. The van der Waals surface area contributed by atoms with Gasteiger partial charge in [0.1, 0.15) is 29.6 Å². The molecule has 0 bridgehead atoms. The molecule has 1 aliphatic rings. The molecule has 0 spiro atoms. The molecule has 2 heterocycles. The predicted molar refractivity (Wildman–Crippen MR) is 87.7 cm³/mol. The molecule has 0 saturated carbocycles. The summed E-state index contributed by atoms with van der Waals surface area (Å²) in [5.41, 5.74) is 1.73. The standard InChI is InChI=1S/C19H18O4/c1-12(2)8-9-21-14-6-7-16-17(10-14)23-18(19(16)20)11-15-5-4-13(3)22-15/h4-8,10-11H,9H2,1-3H3. The van der Waals surface area contributed by atoms with E-state index in [4.69, 9.17) is 13.9 Å². The molecule has 0 radical (unpaired) electrons. The molecule has 1 aliphatic heterocycles. The van der Waals surface area contributed by atoms with E-state index in [1.807, 2.05) is 32.9 Å². The minimum atomic E-state index is -0.148. The third-order valence-corrected chi connectivity index (χ3v) is 3.42.